The molecule has 3 aromatic carbocycles. The van der Waals surface area contributed by atoms with Gasteiger partial charge < -0.3 is 15.0 Å². The van der Waals surface area contributed by atoms with E-state index in [1.807, 2.05) is 50.2 Å². The molecule has 0 saturated heterocycles. The Hall–Kier alpha value is -4.13. The molecule has 1 N–H and O–H groups in total. The fraction of sp³-hybridized carbons (Fsp3) is 0.154. The second-order valence-corrected chi connectivity index (χ2v) is 7.70. The second-order valence-electron chi connectivity index (χ2n) is 7.70. The zero-order chi connectivity index (χ0) is 23.5. The van der Waals surface area contributed by atoms with Crippen molar-refractivity contribution >= 4 is 34.4 Å². The molecular weight excluding hydrogens is 421 g/mol. The number of benzene rings is 3. The second kappa shape index (κ2) is 9.16. The van der Waals surface area contributed by atoms with Gasteiger partial charge in [-0.2, -0.15) is 0 Å². The van der Waals surface area contributed by atoms with E-state index in [0.717, 1.165) is 10.6 Å². The quantitative estimate of drug-likeness (QED) is 0.535. The van der Waals surface area contributed by atoms with Crippen LogP contribution in [0.3, 0.4) is 0 Å². The number of ether oxygens (including phenoxy) is 1. The largest absolute Gasteiger partial charge is 0.494 e. The lowest BCUT2D eigenvalue weighted by molar-refractivity contribution is -0.120. The van der Waals surface area contributed by atoms with Crippen LogP contribution in [0.4, 0.5) is 21.5 Å². The third-order valence-electron chi connectivity index (χ3n) is 5.26. The Bertz CT molecular complexity index is 1220. The van der Waals surface area contributed by atoms with Crippen molar-refractivity contribution in [3.05, 3.63) is 89.9 Å². The molecule has 7 heteroatoms. The van der Waals surface area contributed by atoms with Crippen LogP contribution < -0.4 is 19.9 Å². The van der Waals surface area contributed by atoms with Crippen LogP contribution in [0.1, 0.15) is 12.5 Å². The zero-order valence-electron chi connectivity index (χ0n) is 18.6. The molecule has 0 fully saturated rings. The van der Waals surface area contributed by atoms with Gasteiger partial charge >= 0.3 is 0 Å². The minimum Gasteiger partial charge on any atom is -0.494 e. The first kappa shape index (κ1) is 22.1. The van der Waals surface area contributed by atoms with Crippen LogP contribution in [0.5, 0.6) is 5.75 Å². The van der Waals surface area contributed by atoms with Crippen LogP contribution in [-0.4, -0.2) is 32.5 Å². The number of imide groups is 1. The lowest BCUT2D eigenvalue weighted by Gasteiger charge is -2.16. The molecule has 6 nitrogen and oxygen atoms in total. The van der Waals surface area contributed by atoms with E-state index >= 15 is 0 Å². The number of carbonyl (C=O) groups is 2. The molecule has 0 aromatic heterocycles. The normalized spacial score (nSPS) is 13.5. The van der Waals surface area contributed by atoms with Gasteiger partial charge in [0.1, 0.15) is 17.3 Å². The van der Waals surface area contributed by atoms with Gasteiger partial charge in [-0.05, 0) is 67.1 Å². The molecule has 0 bridgehead atoms. The number of rotatable bonds is 7. The smallest absolute Gasteiger partial charge is 0.282 e. The SMILES string of the molecule is CCOc1ccc(C2=C(Nc3ccc(N(C)C)cc3)C(=O)N(c3cccc(F)c3)C2=O)cc1. The summed E-state index contributed by atoms with van der Waals surface area (Å²) in [6, 6.07) is 19.9. The molecule has 0 aliphatic carbocycles. The number of halogens is 1. The summed E-state index contributed by atoms with van der Waals surface area (Å²) in [6.07, 6.45) is 0. The maximum atomic E-state index is 13.9. The van der Waals surface area contributed by atoms with Crippen LogP contribution in [0.25, 0.3) is 5.57 Å². The molecule has 1 heterocycles. The number of nitrogens with zero attached hydrogens (tertiary/aromatic N) is 2. The monoisotopic (exact) mass is 445 g/mol. The first-order chi connectivity index (χ1) is 15.9. The molecule has 4 rings (SSSR count). The van der Waals surface area contributed by atoms with E-state index in [0.29, 0.717) is 23.6 Å². The molecule has 0 spiro atoms. The summed E-state index contributed by atoms with van der Waals surface area (Å²) in [5.74, 6) is -0.945. The first-order valence-electron chi connectivity index (χ1n) is 10.6. The summed E-state index contributed by atoms with van der Waals surface area (Å²) >= 11 is 0. The van der Waals surface area contributed by atoms with Crippen molar-refractivity contribution in [1.29, 1.82) is 0 Å². The van der Waals surface area contributed by atoms with Crippen molar-refractivity contribution in [1.82, 2.24) is 0 Å². The summed E-state index contributed by atoms with van der Waals surface area (Å²) in [5, 5.41) is 3.11. The van der Waals surface area contributed by atoms with Gasteiger partial charge in [0.05, 0.1) is 17.9 Å². The van der Waals surface area contributed by atoms with Crippen molar-refractivity contribution in [3.63, 3.8) is 0 Å². The molecule has 0 radical (unpaired) electrons. The molecule has 168 valence electrons. The maximum Gasteiger partial charge on any atom is 0.282 e. The molecule has 0 saturated carbocycles. The fourth-order valence-corrected chi connectivity index (χ4v) is 3.63. The summed E-state index contributed by atoms with van der Waals surface area (Å²) in [7, 11) is 3.87. The Balaban J connectivity index is 1.76. The average molecular weight is 445 g/mol. The Labute approximate surface area is 191 Å². The summed E-state index contributed by atoms with van der Waals surface area (Å²) < 4.78 is 19.4. The van der Waals surface area contributed by atoms with E-state index in [9.17, 15) is 14.0 Å². The van der Waals surface area contributed by atoms with Gasteiger partial charge in [-0.15, -0.1) is 0 Å². The Kier molecular flexibility index (Phi) is 6.13. The van der Waals surface area contributed by atoms with Crippen LogP contribution in [-0.2, 0) is 9.59 Å². The minimum absolute atomic E-state index is 0.131. The summed E-state index contributed by atoms with van der Waals surface area (Å²) in [4.78, 5) is 29.8. The van der Waals surface area contributed by atoms with Crippen molar-refractivity contribution < 1.29 is 18.7 Å². The van der Waals surface area contributed by atoms with Crippen LogP contribution in [0, 0.1) is 5.82 Å². The number of nitrogens with one attached hydrogen (secondary N) is 1. The molecule has 2 amide bonds. The number of anilines is 3. The van der Waals surface area contributed by atoms with Gasteiger partial charge in [-0.3, -0.25) is 9.59 Å². The maximum absolute atomic E-state index is 13.9. The average Bonchev–Trinajstić information content (AvgIpc) is 3.04. The highest BCUT2D eigenvalue weighted by Gasteiger charge is 2.40. The van der Waals surface area contributed by atoms with E-state index in [-0.39, 0.29) is 17.0 Å². The van der Waals surface area contributed by atoms with Crippen molar-refractivity contribution in [2.45, 2.75) is 6.92 Å². The van der Waals surface area contributed by atoms with Crippen molar-refractivity contribution in [2.75, 3.05) is 35.8 Å². The van der Waals surface area contributed by atoms with E-state index in [1.54, 1.807) is 24.3 Å². The van der Waals surface area contributed by atoms with Gasteiger partial charge in [-0.25, -0.2) is 9.29 Å². The molecule has 33 heavy (non-hydrogen) atoms. The minimum atomic E-state index is -0.550. The third-order valence-corrected chi connectivity index (χ3v) is 5.26. The predicted octanol–water partition coefficient (Wildman–Crippen LogP) is 4.69. The standard InChI is InChI=1S/C26H24FN3O3/c1-4-33-22-14-8-17(9-15-22)23-24(28-19-10-12-20(13-11-19)29(2)3)26(32)30(25(23)31)21-7-5-6-18(27)16-21/h5-16,28H,4H2,1-3H3. The van der Waals surface area contributed by atoms with Gasteiger partial charge in [0.15, 0.2) is 0 Å². The van der Waals surface area contributed by atoms with Gasteiger partial charge in [-0.1, -0.05) is 18.2 Å². The van der Waals surface area contributed by atoms with E-state index in [1.165, 1.54) is 24.3 Å². The van der Waals surface area contributed by atoms with Crippen LogP contribution in [0.2, 0.25) is 0 Å². The predicted molar refractivity (Wildman–Crippen MR) is 128 cm³/mol. The Morgan fingerprint density at radius 2 is 1.64 bits per heavy atom. The fourth-order valence-electron chi connectivity index (χ4n) is 3.63. The van der Waals surface area contributed by atoms with Crippen molar-refractivity contribution in [3.8, 4) is 5.75 Å². The van der Waals surface area contributed by atoms with Gasteiger partial charge in [0.2, 0.25) is 0 Å². The lowest BCUT2D eigenvalue weighted by atomic mass is 10.0. The molecule has 0 unspecified atom stereocenters. The summed E-state index contributed by atoms with van der Waals surface area (Å²) in [6.45, 7) is 2.40. The lowest BCUT2D eigenvalue weighted by Crippen LogP contribution is -2.32. The van der Waals surface area contributed by atoms with Crippen LogP contribution >= 0.6 is 0 Å². The van der Waals surface area contributed by atoms with Gasteiger partial charge in [0.25, 0.3) is 11.8 Å². The number of carbonyl (C=O) groups excluding carboxylic acids is 2. The molecule has 0 atom stereocenters. The van der Waals surface area contributed by atoms with E-state index < -0.39 is 17.6 Å². The van der Waals surface area contributed by atoms with Gasteiger partial charge in [0, 0.05) is 25.5 Å². The molecular formula is C26H24FN3O3. The Morgan fingerprint density at radius 3 is 2.24 bits per heavy atom. The van der Waals surface area contributed by atoms with Crippen molar-refractivity contribution in [2.24, 2.45) is 0 Å². The van der Waals surface area contributed by atoms with E-state index in [2.05, 4.69) is 5.32 Å². The highest BCUT2D eigenvalue weighted by molar-refractivity contribution is 6.46. The molecule has 3 aromatic rings. The topological polar surface area (TPSA) is 61.9 Å². The zero-order valence-corrected chi connectivity index (χ0v) is 18.6. The number of amides is 2. The van der Waals surface area contributed by atoms with Crippen LogP contribution in [0.15, 0.2) is 78.5 Å². The molecule has 1 aliphatic rings. The van der Waals surface area contributed by atoms with E-state index in [4.69, 9.17) is 4.74 Å². The summed E-state index contributed by atoms with van der Waals surface area (Å²) in [5.41, 5.74) is 2.73. The first-order valence-corrected chi connectivity index (χ1v) is 10.6. The number of hydrogen-bond donors (Lipinski definition) is 1. The molecule has 1 aliphatic heterocycles. The number of hydrogen-bond acceptors (Lipinski definition) is 5. The highest BCUT2D eigenvalue weighted by Crippen LogP contribution is 2.34. The Morgan fingerprint density at radius 1 is 0.939 bits per heavy atom. The highest BCUT2D eigenvalue weighted by atomic mass is 19.1. The third kappa shape index (κ3) is 4.43.